The zero-order chi connectivity index (χ0) is 12.7. The van der Waals surface area contributed by atoms with Crippen LogP contribution >= 0.6 is 11.3 Å². The van der Waals surface area contributed by atoms with Gasteiger partial charge in [-0.15, -0.1) is 11.3 Å². The average molecular weight is 258 g/mol. The monoisotopic (exact) mass is 258 g/mol. The summed E-state index contributed by atoms with van der Waals surface area (Å²) in [4.78, 5) is 23.0. The maximum atomic E-state index is 11.5. The molecule has 0 fully saturated rings. The number of carbonyl (C=O) groups excluding carboxylic acids is 2. The molecule has 0 atom stereocenters. The number of methoxy groups -OCH3 is 1. The van der Waals surface area contributed by atoms with Gasteiger partial charge in [-0.2, -0.15) is 0 Å². The Balaban J connectivity index is 2.29. The lowest BCUT2D eigenvalue weighted by molar-refractivity contribution is -0.124. The minimum atomic E-state index is -0.584. The van der Waals surface area contributed by atoms with Crippen molar-refractivity contribution < 1.29 is 19.1 Å². The number of nitrogen functional groups attached to an aromatic ring is 1. The molecule has 1 rings (SSSR count). The molecule has 6 nitrogen and oxygen atoms in total. The van der Waals surface area contributed by atoms with Crippen LogP contribution in [0, 0.1) is 0 Å². The minimum absolute atomic E-state index is 0.315. The van der Waals surface area contributed by atoms with Crippen molar-refractivity contribution in [1.29, 1.82) is 0 Å². The van der Waals surface area contributed by atoms with Crippen LogP contribution < -0.4 is 11.1 Å². The van der Waals surface area contributed by atoms with Gasteiger partial charge in [0.25, 0.3) is 5.91 Å². The van der Waals surface area contributed by atoms with E-state index >= 15 is 0 Å². The predicted octanol–water partition coefficient (Wildman–Crippen LogP) is 0.250. The van der Waals surface area contributed by atoms with Gasteiger partial charge in [0.2, 0.25) is 0 Å². The van der Waals surface area contributed by atoms with Gasteiger partial charge in [0.1, 0.15) is 4.88 Å². The SMILES string of the molecule is COCCNC(=O)COC(=O)c1sccc1N. The molecule has 0 aromatic carbocycles. The van der Waals surface area contributed by atoms with Crippen LogP contribution in [-0.4, -0.2) is 38.7 Å². The van der Waals surface area contributed by atoms with E-state index in [9.17, 15) is 9.59 Å². The molecule has 7 heteroatoms. The summed E-state index contributed by atoms with van der Waals surface area (Å²) < 4.78 is 9.55. The van der Waals surface area contributed by atoms with E-state index in [-0.39, 0.29) is 12.5 Å². The maximum absolute atomic E-state index is 11.5. The molecule has 94 valence electrons. The number of rotatable bonds is 6. The highest BCUT2D eigenvalue weighted by Gasteiger charge is 2.14. The Kier molecular flexibility index (Phi) is 5.44. The summed E-state index contributed by atoms with van der Waals surface area (Å²) in [5.74, 6) is -0.954. The first-order chi connectivity index (χ1) is 8.15. The lowest BCUT2D eigenvalue weighted by Gasteiger charge is -2.05. The lowest BCUT2D eigenvalue weighted by atomic mass is 10.4. The van der Waals surface area contributed by atoms with Gasteiger partial charge in [-0.3, -0.25) is 4.79 Å². The van der Waals surface area contributed by atoms with E-state index in [0.717, 1.165) is 0 Å². The molecule has 1 amide bonds. The first-order valence-electron chi connectivity index (χ1n) is 4.91. The molecule has 0 spiro atoms. The van der Waals surface area contributed by atoms with Crippen LogP contribution in [0.1, 0.15) is 9.67 Å². The average Bonchev–Trinajstić information content (AvgIpc) is 2.73. The smallest absolute Gasteiger partial charge is 0.350 e. The maximum Gasteiger partial charge on any atom is 0.350 e. The standard InChI is InChI=1S/C10H14N2O4S/c1-15-4-3-12-8(13)6-16-10(14)9-7(11)2-5-17-9/h2,5H,3-4,6,11H2,1H3,(H,12,13). The second-order valence-corrected chi connectivity index (χ2v) is 4.04. The minimum Gasteiger partial charge on any atom is -0.451 e. The zero-order valence-electron chi connectivity index (χ0n) is 9.39. The number of nitrogens with one attached hydrogen (secondary N) is 1. The first kappa shape index (κ1) is 13.5. The molecule has 0 saturated heterocycles. The van der Waals surface area contributed by atoms with Gasteiger partial charge < -0.3 is 20.5 Å². The van der Waals surface area contributed by atoms with Gasteiger partial charge in [0.05, 0.1) is 12.3 Å². The van der Waals surface area contributed by atoms with Crippen molar-refractivity contribution in [3.8, 4) is 0 Å². The van der Waals surface area contributed by atoms with Crippen molar-refractivity contribution in [2.75, 3.05) is 32.6 Å². The topological polar surface area (TPSA) is 90.6 Å². The van der Waals surface area contributed by atoms with Gasteiger partial charge in [0.15, 0.2) is 6.61 Å². The number of thiophene rings is 1. The lowest BCUT2D eigenvalue weighted by Crippen LogP contribution is -2.31. The van der Waals surface area contributed by atoms with Crippen molar-refractivity contribution in [3.05, 3.63) is 16.3 Å². The summed E-state index contributed by atoms with van der Waals surface area (Å²) in [6, 6.07) is 1.61. The molecule has 0 saturated carbocycles. The van der Waals surface area contributed by atoms with E-state index in [2.05, 4.69) is 5.32 Å². The van der Waals surface area contributed by atoms with E-state index in [1.807, 2.05) is 0 Å². The van der Waals surface area contributed by atoms with Crippen molar-refractivity contribution in [3.63, 3.8) is 0 Å². The summed E-state index contributed by atoms with van der Waals surface area (Å²) in [7, 11) is 1.53. The highest BCUT2D eigenvalue weighted by atomic mass is 32.1. The Morgan fingerprint density at radius 1 is 1.53 bits per heavy atom. The number of anilines is 1. The second kappa shape index (κ2) is 6.87. The first-order valence-corrected chi connectivity index (χ1v) is 5.79. The van der Waals surface area contributed by atoms with E-state index < -0.39 is 5.97 Å². The quantitative estimate of drug-likeness (QED) is 0.564. The molecule has 17 heavy (non-hydrogen) atoms. The molecular formula is C10H14N2O4S. The second-order valence-electron chi connectivity index (χ2n) is 3.12. The number of amides is 1. The number of esters is 1. The van der Waals surface area contributed by atoms with Gasteiger partial charge in [-0.1, -0.05) is 0 Å². The summed E-state index contributed by atoms with van der Waals surface area (Å²) >= 11 is 1.18. The molecule has 1 heterocycles. The van der Waals surface area contributed by atoms with E-state index in [1.54, 1.807) is 11.4 Å². The molecule has 0 aliphatic heterocycles. The Hall–Kier alpha value is -1.60. The third-order valence-corrected chi connectivity index (χ3v) is 2.75. The Bertz CT molecular complexity index is 391. The Morgan fingerprint density at radius 2 is 2.29 bits per heavy atom. The number of hydrogen-bond donors (Lipinski definition) is 2. The van der Waals surface area contributed by atoms with Gasteiger partial charge in [-0.05, 0) is 11.4 Å². The fourth-order valence-electron chi connectivity index (χ4n) is 1.03. The number of nitrogens with two attached hydrogens (primary N) is 1. The third kappa shape index (κ3) is 4.41. The highest BCUT2D eigenvalue weighted by molar-refractivity contribution is 7.12. The summed E-state index contributed by atoms with van der Waals surface area (Å²) in [5, 5.41) is 4.21. The number of ether oxygens (including phenoxy) is 2. The fraction of sp³-hybridized carbons (Fsp3) is 0.400. The van der Waals surface area contributed by atoms with Crippen LogP contribution in [0.4, 0.5) is 5.69 Å². The molecule has 0 aliphatic carbocycles. The fourth-order valence-corrected chi connectivity index (χ4v) is 1.74. The van der Waals surface area contributed by atoms with Crippen LogP contribution in [0.5, 0.6) is 0 Å². The van der Waals surface area contributed by atoms with E-state index in [1.165, 1.54) is 18.4 Å². The van der Waals surface area contributed by atoms with Crippen molar-refractivity contribution in [1.82, 2.24) is 5.32 Å². The molecule has 1 aromatic heterocycles. The van der Waals surface area contributed by atoms with E-state index in [4.69, 9.17) is 15.2 Å². The van der Waals surface area contributed by atoms with E-state index in [0.29, 0.717) is 23.7 Å². The van der Waals surface area contributed by atoms with Crippen LogP contribution in [-0.2, 0) is 14.3 Å². The van der Waals surface area contributed by atoms with Crippen LogP contribution in [0.15, 0.2) is 11.4 Å². The van der Waals surface area contributed by atoms with Crippen LogP contribution in [0.3, 0.4) is 0 Å². The molecule has 0 radical (unpaired) electrons. The highest BCUT2D eigenvalue weighted by Crippen LogP contribution is 2.19. The van der Waals surface area contributed by atoms with Crippen molar-refractivity contribution in [2.24, 2.45) is 0 Å². The molecule has 0 unspecified atom stereocenters. The number of hydrogen-bond acceptors (Lipinski definition) is 6. The Labute approximate surface area is 103 Å². The van der Waals surface area contributed by atoms with Crippen molar-refractivity contribution in [2.45, 2.75) is 0 Å². The van der Waals surface area contributed by atoms with Gasteiger partial charge in [-0.25, -0.2) is 4.79 Å². The predicted molar refractivity (Wildman–Crippen MR) is 63.9 cm³/mol. The zero-order valence-corrected chi connectivity index (χ0v) is 10.2. The van der Waals surface area contributed by atoms with Crippen LogP contribution in [0.2, 0.25) is 0 Å². The molecule has 3 N–H and O–H groups in total. The van der Waals surface area contributed by atoms with Gasteiger partial charge >= 0.3 is 5.97 Å². The largest absolute Gasteiger partial charge is 0.451 e. The molecular weight excluding hydrogens is 244 g/mol. The van der Waals surface area contributed by atoms with Gasteiger partial charge in [0, 0.05) is 13.7 Å². The summed E-state index contributed by atoms with van der Waals surface area (Å²) in [6.45, 7) is 0.478. The third-order valence-electron chi connectivity index (χ3n) is 1.84. The normalized spacial score (nSPS) is 9.94. The molecule has 0 bridgehead atoms. The summed E-state index contributed by atoms with van der Waals surface area (Å²) in [5.41, 5.74) is 5.90. The molecule has 1 aromatic rings. The van der Waals surface area contributed by atoms with Crippen molar-refractivity contribution >= 4 is 28.9 Å². The summed E-state index contributed by atoms with van der Waals surface area (Å²) in [6.07, 6.45) is 0. The van der Waals surface area contributed by atoms with Crippen LogP contribution in [0.25, 0.3) is 0 Å². The number of carbonyl (C=O) groups is 2. The molecule has 0 aliphatic rings. The Morgan fingerprint density at radius 3 is 2.88 bits per heavy atom.